The molecular weight excluding hydrogens is 215 g/mol. The van der Waals surface area contributed by atoms with E-state index in [1.54, 1.807) is 12.1 Å². The van der Waals surface area contributed by atoms with Crippen molar-refractivity contribution in [1.82, 2.24) is 0 Å². The molecule has 0 aromatic heterocycles. The molecule has 6 heteroatoms. The Kier molecular flexibility index (Phi) is 3.74. The van der Waals surface area contributed by atoms with Gasteiger partial charge in [-0.2, -0.15) is 0 Å². The molecule has 2 rings (SSSR count). The Balaban J connectivity index is 0.000000980. The maximum absolute atomic E-state index is 10.5. The normalized spacial score (nSPS) is 19.9. The molecule has 1 heterocycles. The molecule has 0 aliphatic carbocycles. The smallest absolute Gasteiger partial charge is 0.744 e. The maximum Gasteiger partial charge on any atom is 1.00 e. The molecular formula is C8H7NaO4S. The zero-order valence-electron chi connectivity index (χ0n) is 7.64. The van der Waals surface area contributed by atoms with Gasteiger partial charge in [0.15, 0.2) is 0 Å². The Labute approximate surface area is 104 Å². The second-order valence-electron chi connectivity index (χ2n) is 2.85. The molecule has 1 aliphatic rings. The monoisotopic (exact) mass is 222 g/mol. The van der Waals surface area contributed by atoms with Crippen molar-refractivity contribution in [2.75, 3.05) is 6.61 Å². The van der Waals surface area contributed by atoms with E-state index in [0.29, 0.717) is 6.61 Å². The van der Waals surface area contributed by atoms with Crippen LogP contribution in [0.4, 0.5) is 0 Å². The molecule has 1 aromatic carbocycles. The Morgan fingerprint density at radius 2 is 1.79 bits per heavy atom. The van der Waals surface area contributed by atoms with Crippen molar-refractivity contribution in [3.8, 4) is 0 Å². The van der Waals surface area contributed by atoms with Gasteiger partial charge in [0.1, 0.15) is 16.2 Å². The summed E-state index contributed by atoms with van der Waals surface area (Å²) in [5, 5.41) is 0. The molecule has 14 heavy (non-hydrogen) atoms. The first-order valence-electron chi connectivity index (χ1n) is 3.75. The van der Waals surface area contributed by atoms with E-state index < -0.39 is 10.1 Å². The first-order chi connectivity index (χ1) is 6.07. The van der Waals surface area contributed by atoms with Gasteiger partial charge in [0.05, 0.1) is 11.5 Å². The number of hydrogen-bond donors (Lipinski definition) is 0. The van der Waals surface area contributed by atoms with Crippen LogP contribution in [-0.4, -0.2) is 19.6 Å². The zero-order chi connectivity index (χ0) is 9.47. The van der Waals surface area contributed by atoms with Crippen molar-refractivity contribution in [2.45, 2.75) is 11.0 Å². The minimum atomic E-state index is -4.32. The molecule has 0 amide bonds. The van der Waals surface area contributed by atoms with E-state index >= 15 is 0 Å². The SMILES string of the molecule is O=S(=O)([O-])c1ccc(C2CO2)cc1.[Na+]. The maximum atomic E-state index is 10.5. The molecule has 1 aromatic rings. The van der Waals surface area contributed by atoms with Crippen LogP contribution >= 0.6 is 0 Å². The van der Waals surface area contributed by atoms with Crippen LogP contribution < -0.4 is 29.6 Å². The average molecular weight is 222 g/mol. The molecule has 1 unspecified atom stereocenters. The molecule has 0 bridgehead atoms. The molecule has 1 aliphatic heterocycles. The predicted molar refractivity (Wildman–Crippen MR) is 43.1 cm³/mol. The molecule has 0 N–H and O–H groups in total. The van der Waals surface area contributed by atoms with Crippen LogP contribution in [0.25, 0.3) is 0 Å². The minimum Gasteiger partial charge on any atom is -0.744 e. The van der Waals surface area contributed by atoms with E-state index in [1.165, 1.54) is 12.1 Å². The van der Waals surface area contributed by atoms with Gasteiger partial charge in [-0.1, -0.05) is 12.1 Å². The first-order valence-corrected chi connectivity index (χ1v) is 5.16. The van der Waals surface area contributed by atoms with E-state index in [-0.39, 0.29) is 40.6 Å². The van der Waals surface area contributed by atoms with Crippen LogP contribution in [-0.2, 0) is 14.9 Å². The van der Waals surface area contributed by atoms with Gasteiger partial charge in [0, 0.05) is 0 Å². The Morgan fingerprint density at radius 3 is 2.14 bits per heavy atom. The van der Waals surface area contributed by atoms with E-state index in [1.807, 2.05) is 0 Å². The van der Waals surface area contributed by atoms with E-state index in [4.69, 9.17) is 4.74 Å². The summed E-state index contributed by atoms with van der Waals surface area (Å²) in [4.78, 5) is -0.197. The minimum absolute atomic E-state index is 0. The summed E-state index contributed by atoms with van der Waals surface area (Å²) in [5.74, 6) is 0. The van der Waals surface area contributed by atoms with E-state index in [0.717, 1.165) is 5.56 Å². The predicted octanol–water partition coefficient (Wildman–Crippen LogP) is -2.33. The van der Waals surface area contributed by atoms with Crippen molar-refractivity contribution in [3.63, 3.8) is 0 Å². The summed E-state index contributed by atoms with van der Waals surface area (Å²) < 4.78 is 36.6. The van der Waals surface area contributed by atoms with Crippen molar-refractivity contribution >= 4 is 10.1 Å². The van der Waals surface area contributed by atoms with Crippen LogP contribution in [0.5, 0.6) is 0 Å². The van der Waals surface area contributed by atoms with Crippen LogP contribution in [0, 0.1) is 0 Å². The molecule has 70 valence electrons. The molecule has 0 spiro atoms. The van der Waals surface area contributed by atoms with Gasteiger partial charge in [0.2, 0.25) is 0 Å². The third kappa shape index (κ3) is 2.79. The second-order valence-corrected chi connectivity index (χ2v) is 4.22. The summed E-state index contributed by atoms with van der Waals surface area (Å²) in [6, 6.07) is 5.81. The van der Waals surface area contributed by atoms with Gasteiger partial charge in [0.25, 0.3) is 0 Å². The van der Waals surface area contributed by atoms with Crippen LogP contribution in [0.15, 0.2) is 29.2 Å². The molecule has 0 radical (unpaired) electrons. The fraction of sp³-hybridized carbons (Fsp3) is 0.250. The van der Waals surface area contributed by atoms with Gasteiger partial charge in [-0.3, -0.25) is 0 Å². The van der Waals surface area contributed by atoms with Crippen LogP contribution in [0.1, 0.15) is 11.7 Å². The molecule has 1 saturated heterocycles. The Bertz CT molecular complexity index is 407. The standard InChI is InChI=1S/C8H8O4S.Na/c9-13(10,11)7-3-1-6(2-4-7)8-5-12-8;/h1-4,8H,5H2,(H,9,10,11);/q;+1/p-1. The van der Waals surface area contributed by atoms with Crippen molar-refractivity contribution in [1.29, 1.82) is 0 Å². The fourth-order valence-electron chi connectivity index (χ4n) is 1.09. The average Bonchev–Trinajstić information content (AvgIpc) is 2.85. The number of epoxide rings is 1. The van der Waals surface area contributed by atoms with Gasteiger partial charge in [-0.25, -0.2) is 8.42 Å². The Morgan fingerprint density at radius 1 is 1.29 bits per heavy atom. The number of ether oxygens (including phenoxy) is 1. The third-order valence-electron chi connectivity index (χ3n) is 1.87. The van der Waals surface area contributed by atoms with E-state index in [2.05, 4.69) is 0 Å². The summed E-state index contributed by atoms with van der Waals surface area (Å²) in [7, 11) is -4.32. The summed E-state index contributed by atoms with van der Waals surface area (Å²) in [6.45, 7) is 0.670. The van der Waals surface area contributed by atoms with Crippen molar-refractivity contribution in [3.05, 3.63) is 29.8 Å². The number of hydrogen-bond acceptors (Lipinski definition) is 4. The number of rotatable bonds is 2. The molecule has 1 fully saturated rings. The molecule has 1 atom stereocenters. The van der Waals surface area contributed by atoms with Crippen molar-refractivity contribution in [2.24, 2.45) is 0 Å². The molecule has 0 saturated carbocycles. The van der Waals surface area contributed by atoms with Gasteiger partial charge >= 0.3 is 29.6 Å². The van der Waals surface area contributed by atoms with Gasteiger partial charge in [-0.15, -0.1) is 0 Å². The topological polar surface area (TPSA) is 69.7 Å². The molecule has 4 nitrogen and oxygen atoms in total. The summed E-state index contributed by atoms with van der Waals surface area (Å²) in [5.41, 5.74) is 0.910. The Hall–Kier alpha value is 0.0900. The van der Waals surface area contributed by atoms with E-state index in [9.17, 15) is 13.0 Å². The first kappa shape index (κ1) is 12.2. The van der Waals surface area contributed by atoms with Crippen molar-refractivity contribution < 1.29 is 47.3 Å². The van der Waals surface area contributed by atoms with Crippen LogP contribution in [0.2, 0.25) is 0 Å². The van der Waals surface area contributed by atoms with Gasteiger partial charge < -0.3 is 9.29 Å². The number of benzene rings is 1. The summed E-state index contributed by atoms with van der Waals surface area (Å²) in [6.07, 6.45) is 0.0865. The summed E-state index contributed by atoms with van der Waals surface area (Å²) >= 11 is 0. The zero-order valence-corrected chi connectivity index (χ0v) is 10.5. The largest absolute Gasteiger partial charge is 1.00 e. The fourth-order valence-corrected chi connectivity index (χ4v) is 1.56. The quantitative estimate of drug-likeness (QED) is 0.319. The second kappa shape index (κ2) is 4.30. The third-order valence-corrected chi connectivity index (χ3v) is 2.72. The van der Waals surface area contributed by atoms with Crippen LogP contribution in [0.3, 0.4) is 0 Å². The van der Waals surface area contributed by atoms with Gasteiger partial charge in [-0.05, 0) is 17.7 Å².